The van der Waals surface area contributed by atoms with Gasteiger partial charge >= 0.3 is 0 Å². The summed E-state index contributed by atoms with van der Waals surface area (Å²) < 4.78 is 0. The molecule has 1 aliphatic heterocycles. The highest BCUT2D eigenvalue weighted by Gasteiger charge is 2.60. The molecule has 6 atom stereocenters. The number of piperidine rings is 1. The Balaban J connectivity index is 1.33. The minimum absolute atomic E-state index is 0.0209. The van der Waals surface area contributed by atoms with Gasteiger partial charge in [0.05, 0.1) is 5.56 Å². The third-order valence-electron chi connectivity index (χ3n) is 10.1. The lowest BCUT2D eigenvalue weighted by Gasteiger charge is -2.59. The lowest BCUT2D eigenvalue weighted by molar-refractivity contribution is -0.136. The average molecular weight is 461 g/mol. The Bertz CT molecular complexity index is 1090. The minimum Gasteiger partial charge on any atom is -0.319 e. The molecule has 34 heavy (non-hydrogen) atoms. The van der Waals surface area contributed by atoms with Crippen molar-refractivity contribution in [2.75, 3.05) is 12.4 Å². The highest BCUT2D eigenvalue weighted by atomic mass is 16.2. The number of amides is 2. The average Bonchev–Trinajstić information content (AvgIpc) is 3.13. The summed E-state index contributed by atoms with van der Waals surface area (Å²) in [4.78, 5) is 31.5. The van der Waals surface area contributed by atoms with Gasteiger partial charge in [-0.05, 0) is 86.7 Å². The van der Waals surface area contributed by atoms with Crippen LogP contribution in [0.1, 0.15) is 77.7 Å². The first-order chi connectivity index (χ1) is 16.2. The van der Waals surface area contributed by atoms with Crippen LogP contribution >= 0.6 is 0 Å². The Kier molecular flexibility index (Phi) is 5.58. The van der Waals surface area contributed by atoms with Crippen molar-refractivity contribution in [3.05, 3.63) is 35.2 Å². The standard InChI is InChI=1S/C28H36N4O2/c1-17-13-20-21-7-6-19(14-24(33)31-23-8-5-18(15-29)16-30-23)27(21,2)11-9-22(20)28(3)12-10-25(34)32(4)26(17)28/h5,8,16,19-22H,6-7,9-14H2,1-4H3,(H,30,31,33)/t19-,20+,21+,22+,27-,28-/m1/s1. The van der Waals surface area contributed by atoms with E-state index >= 15 is 0 Å². The topological polar surface area (TPSA) is 86.1 Å². The van der Waals surface area contributed by atoms with E-state index in [4.69, 9.17) is 5.26 Å². The molecule has 1 N–H and O–H groups in total. The molecule has 2 heterocycles. The van der Waals surface area contributed by atoms with Crippen molar-refractivity contribution in [3.63, 3.8) is 0 Å². The number of rotatable bonds is 3. The first kappa shape index (κ1) is 23.1. The quantitative estimate of drug-likeness (QED) is 0.665. The van der Waals surface area contributed by atoms with Crippen LogP contribution in [0.4, 0.5) is 5.82 Å². The number of nitrogens with one attached hydrogen (secondary N) is 1. The van der Waals surface area contributed by atoms with E-state index in [0.29, 0.717) is 47.9 Å². The van der Waals surface area contributed by atoms with E-state index in [1.165, 1.54) is 30.3 Å². The molecule has 0 radical (unpaired) electrons. The van der Waals surface area contributed by atoms with Crippen LogP contribution in [0.2, 0.25) is 0 Å². The van der Waals surface area contributed by atoms with Crippen molar-refractivity contribution < 1.29 is 9.59 Å². The first-order valence-electron chi connectivity index (χ1n) is 12.8. The summed E-state index contributed by atoms with van der Waals surface area (Å²) in [6.45, 7) is 7.10. The highest BCUT2D eigenvalue weighted by Crippen LogP contribution is 2.67. The Morgan fingerprint density at radius 2 is 2.03 bits per heavy atom. The molecular formula is C28H36N4O2. The monoisotopic (exact) mass is 460 g/mol. The fourth-order valence-corrected chi connectivity index (χ4v) is 8.50. The summed E-state index contributed by atoms with van der Waals surface area (Å²) in [5.74, 6) is 3.07. The molecule has 3 fully saturated rings. The molecule has 0 bridgehead atoms. The number of carbonyl (C=O) groups is 2. The lowest BCUT2D eigenvalue weighted by Crippen LogP contribution is -2.54. The number of hydrogen-bond donors (Lipinski definition) is 1. The number of allylic oxidation sites excluding steroid dienone is 2. The normalized spacial score (nSPS) is 36.9. The van der Waals surface area contributed by atoms with Gasteiger partial charge < -0.3 is 10.2 Å². The van der Waals surface area contributed by atoms with Crippen LogP contribution in [-0.2, 0) is 9.59 Å². The number of carbonyl (C=O) groups excluding carboxylic acids is 2. The van der Waals surface area contributed by atoms with Crippen molar-refractivity contribution in [1.82, 2.24) is 9.88 Å². The second-order valence-corrected chi connectivity index (χ2v) is 11.7. The van der Waals surface area contributed by atoms with E-state index in [1.54, 1.807) is 12.1 Å². The van der Waals surface area contributed by atoms with Crippen LogP contribution in [0.25, 0.3) is 0 Å². The maximum Gasteiger partial charge on any atom is 0.226 e. The van der Waals surface area contributed by atoms with Gasteiger partial charge in [0, 0.05) is 37.2 Å². The zero-order valence-corrected chi connectivity index (χ0v) is 20.9. The molecule has 2 amide bonds. The molecule has 180 valence electrons. The van der Waals surface area contributed by atoms with Crippen molar-refractivity contribution >= 4 is 17.6 Å². The summed E-state index contributed by atoms with van der Waals surface area (Å²) in [5.41, 5.74) is 3.46. The van der Waals surface area contributed by atoms with Crippen LogP contribution in [0.15, 0.2) is 29.6 Å². The maximum absolute atomic E-state index is 12.9. The molecular weight excluding hydrogens is 424 g/mol. The van der Waals surface area contributed by atoms with Crippen molar-refractivity contribution in [3.8, 4) is 6.07 Å². The van der Waals surface area contributed by atoms with Crippen LogP contribution in [0.5, 0.6) is 0 Å². The molecule has 3 aliphatic carbocycles. The predicted octanol–water partition coefficient (Wildman–Crippen LogP) is 5.28. The largest absolute Gasteiger partial charge is 0.319 e. The Hall–Kier alpha value is -2.68. The number of nitriles is 1. The minimum atomic E-state index is 0.0209. The van der Waals surface area contributed by atoms with Crippen LogP contribution in [-0.4, -0.2) is 28.7 Å². The van der Waals surface area contributed by atoms with Gasteiger partial charge in [0.1, 0.15) is 11.9 Å². The van der Waals surface area contributed by atoms with Crippen LogP contribution in [0.3, 0.4) is 0 Å². The number of pyridine rings is 1. The van der Waals surface area contributed by atoms with E-state index in [1.807, 2.05) is 11.9 Å². The maximum atomic E-state index is 12.9. The molecule has 1 saturated heterocycles. The lowest BCUT2D eigenvalue weighted by atomic mass is 9.48. The Morgan fingerprint density at radius 1 is 1.24 bits per heavy atom. The molecule has 4 aliphatic rings. The number of hydrogen-bond acceptors (Lipinski definition) is 4. The molecule has 6 nitrogen and oxygen atoms in total. The third kappa shape index (κ3) is 3.47. The summed E-state index contributed by atoms with van der Waals surface area (Å²) in [5, 5.41) is 11.9. The molecule has 1 aromatic rings. The molecule has 5 rings (SSSR count). The van der Waals surface area contributed by atoms with Gasteiger partial charge in [0.25, 0.3) is 0 Å². The van der Waals surface area contributed by atoms with E-state index in [2.05, 4.69) is 37.1 Å². The van der Waals surface area contributed by atoms with Gasteiger partial charge in [-0.1, -0.05) is 19.4 Å². The molecule has 1 aromatic heterocycles. The fraction of sp³-hybridized carbons (Fsp3) is 0.643. The van der Waals surface area contributed by atoms with Crippen LogP contribution < -0.4 is 5.32 Å². The summed E-state index contributed by atoms with van der Waals surface area (Å²) in [6.07, 6.45) is 9.36. The molecule has 0 unspecified atom stereocenters. The number of likely N-dealkylation sites (tertiary alicyclic amines) is 1. The van der Waals surface area contributed by atoms with Crippen LogP contribution in [0, 0.1) is 45.8 Å². The second-order valence-electron chi connectivity index (χ2n) is 11.7. The predicted molar refractivity (Wildman–Crippen MR) is 130 cm³/mol. The summed E-state index contributed by atoms with van der Waals surface area (Å²) in [6, 6.07) is 5.43. The van der Waals surface area contributed by atoms with E-state index in [9.17, 15) is 9.59 Å². The second kappa shape index (κ2) is 8.22. The zero-order chi connectivity index (χ0) is 24.3. The number of nitrogens with zero attached hydrogens (tertiary/aromatic N) is 3. The SMILES string of the molecule is CC1=C2N(C)C(=O)CC[C@]2(C)[C@H]2CC[C@]3(C)[C@@H](CC(=O)Nc4ccc(C#N)cn4)CC[C@H]3[C@@H]2C1. The van der Waals surface area contributed by atoms with Crippen molar-refractivity contribution in [1.29, 1.82) is 5.26 Å². The smallest absolute Gasteiger partial charge is 0.226 e. The molecule has 2 saturated carbocycles. The molecule has 0 aromatic carbocycles. The molecule has 0 spiro atoms. The Morgan fingerprint density at radius 3 is 2.74 bits per heavy atom. The number of anilines is 1. The van der Waals surface area contributed by atoms with E-state index in [0.717, 1.165) is 25.7 Å². The number of aromatic nitrogens is 1. The van der Waals surface area contributed by atoms with Gasteiger partial charge in [-0.15, -0.1) is 0 Å². The van der Waals surface area contributed by atoms with Gasteiger partial charge in [0.2, 0.25) is 11.8 Å². The van der Waals surface area contributed by atoms with Gasteiger partial charge in [0.15, 0.2) is 0 Å². The Labute approximate surface area is 202 Å². The summed E-state index contributed by atoms with van der Waals surface area (Å²) in [7, 11) is 1.97. The van der Waals surface area contributed by atoms with Gasteiger partial charge in [-0.2, -0.15) is 5.26 Å². The summed E-state index contributed by atoms with van der Waals surface area (Å²) >= 11 is 0. The zero-order valence-electron chi connectivity index (χ0n) is 20.9. The van der Waals surface area contributed by atoms with Crippen molar-refractivity contribution in [2.24, 2.45) is 34.5 Å². The van der Waals surface area contributed by atoms with Gasteiger partial charge in [-0.3, -0.25) is 9.59 Å². The molecule has 6 heteroatoms. The first-order valence-corrected chi connectivity index (χ1v) is 12.8. The van der Waals surface area contributed by atoms with Gasteiger partial charge in [-0.25, -0.2) is 4.98 Å². The van der Waals surface area contributed by atoms with E-state index < -0.39 is 0 Å². The fourth-order valence-electron chi connectivity index (χ4n) is 8.50. The highest BCUT2D eigenvalue weighted by molar-refractivity contribution is 5.90. The third-order valence-corrected chi connectivity index (χ3v) is 10.1. The van der Waals surface area contributed by atoms with Crippen molar-refractivity contribution in [2.45, 2.75) is 72.1 Å². The van der Waals surface area contributed by atoms with E-state index in [-0.39, 0.29) is 22.6 Å². The number of fused-ring (bicyclic) bond motifs is 5.